The maximum absolute atomic E-state index is 12.7. The first-order valence-electron chi connectivity index (χ1n) is 5.79. The predicted molar refractivity (Wildman–Crippen MR) is 68.4 cm³/mol. The monoisotopic (exact) mass is 295 g/mol. The lowest BCUT2D eigenvalue weighted by Crippen LogP contribution is -2.14. The number of alkyl halides is 3. The van der Waals surface area contributed by atoms with Gasteiger partial charge in [-0.25, -0.2) is 9.97 Å². The third kappa shape index (κ3) is 5.65. The van der Waals surface area contributed by atoms with Crippen LogP contribution in [0.2, 0.25) is 0 Å². The zero-order valence-electron chi connectivity index (χ0n) is 10.8. The van der Waals surface area contributed by atoms with Crippen molar-refractivity contribution in [1.82, 2.24) is 9.97 Å². The molecule has 1 heterocycles. The van der Waals surface area contributed by atoms with Crippen LogP contribution in [0.25, 0.3) is 0 Å². The molecule has 0 amide bonds. The van der Waals surface area contributed by atoms with Crippen molar-refractivity contribution in [3.63, 3.8) is 0 Å². The van der Waals surface area contributed by atoms with Crippen LogP contribution < -0.4 is 5.32 Å². The lowest BCUT2D eigenvalue weighted by atomic mass is 10.4. The van der Waals surface area contributed by atoms with E-state index in [0.29, 0.717) is 18.9 Å². The van der Waals surface area contributed by atoms with Crippen LogP contribution in [0.1, 0.15) is 19.2 Å². The van der Waals surface area contributed by atoms with Crippen molar-refractivity contribution in [2.75, 3.05) is 31.3 Å². The summed E-state index contributed by atoms with van der Waals surface area (Å²) >= 11 is 1.21. The standard InChI is InChI=1S/C11H16F3N3OS/c1-3-4-15-8-7-9(19-6-5-18-2)17-10(16-8)11(12,13)14/h7H,3-6H2,1-2H3,(H,15,16,17). The Labute approximate surface area is 114 Å². The van der Waals surface area contributed by atoms with Crippen LogP contribution in [-0.2, 0) is 10.9 Å². The van der Waals surface area contributed by atoms with E-state index in [9.17, 15) is 13.2 Å². The van der Waals surface area contributed by atoms with Crippen LogP contribution >= 0.6 is 11.8 Å². The van der Waals surface area contributed by atoms with E-state index < -0.39 is 12.0 Å². The second kappa shape index (κ2) is 7.54. The second-order valence-electron chi connectivity index (χ2n) is 3.68. The molecule has 0 saturated carbocycles. The van der Waals surface area contributed by atoms with Gasteiger partial charge in [-0.1, -0.05) is 6.92 Å². The molecule has 1 rings (SSSR count). The van der Waals surface area contributed by atoms with Gasteiger partial charge in [0.25, 0.3) is 0 Å². The highest BCUT2D eigenvalue weighted by molar-refractivity contribution is 7.99. The maximum Gasteiger partial charge on any atom is 0.451 e. The van der Waals surface area contributed by atoms with Gasteiger partial charge in [0.1, 0.15) is 10.8 Å². The van der Waals surface area contributed by atoms with E-state index in [1.165, 1.54) is 24.9 Å². The summed E-state index contributed by atoms with van der Waals surface area (Å²) in [7, 11) is 1.54. The van der Waals surface area contributed by atoms with Crippen molar-refractivity contribution < 1.29 is 17.9 Å². The molecule has 0 aliphatic carbocycles. The van der Waals surface area contributed by atoms with Crippen LogP contribution in [0.3, 0.4) is 0 Å². The average Bonchev–Trinajstić information content (AvgIpc) is 2.35. The Balaban J connectivity index is 2.89. The SMILES string of the molecule is CCCNc1cc(SCCOC)nc(C(F)(F)F)n1. The molecule has 0 unspecified atom stereocenters. The third-order valence-electron chi connectivity index (χ3n) is 2.05. The number of nitrogens with one attached hydrogen (secondary N) is 1. The minimum absolute atomic E-state index is 0.198. The molecule has 19 heavy (non-hydrogen) atoms. The lowest BCUT2D eigenvalue weighted by molar-refractivity contribution is -0.145. The van der Waals surface area contributed by atoms with Crippen molar-refractivity contribution in [2.45, 2.75) is 24.5 Å². The molecule has 0 aliphatic heterocycles. The predicted octanol–water partition coefficient (Wildman–Crippen LogP) is 3.06. The number of methoxy groups -OCH3 is 1. The average molecular weight is 295 g/mol. The first-order valence-corrected chi connectivity index (χ1v) is 6.77. The smallest absolute Gasteiger partial charge is 0.384 e. The maximum atomic E-state index is 12.7. The Morgan fingerprint density at radius 3 is 2.68 bits per heavy atom. The summed E-state index contributed by atoms with van der Waals surface area (Å²) in [5.74, 6) is -0.379. The largest absolute Gasteiger partial charge is 0.451 e. The zero-order chi connectivity index (χ0) is 14.3. The highest BCUT2D eigenvalue weighted by Crippen LogP contribution is 2.29. The molecule has 1 aromatic rings. The van der Waals surface area contributed by atoms with Crippen LogP contribution in [-0.4, -0.2) is 36.0 Å². The fraction of sp³-hybridized carbons (Fsp3) is 0.636. The molecule has 1 N–H and O–H groups in total. The fourth-order valence-corrected chi connectivity index (χ4v) is 2.00. The number of nitrogens with zero attached hydrogens (tertiary/aromatic N) is 2. The Morgan fingerprint density at radius 1 is 1.37 bits per heavy atom. The van der Waals surface area contributed by atoms with Crippen molar-refractivity contribution in [2.24, 2.45) is 0 Å². The number of halogens is 3. The molecule has 0 spiro atoms. The topological polar surface area (TPSA) is 47.0 Å². The summed E-state index contributed by atoms with van der Waals surface area (Å²) in [6.45, 7) is 2.94. The van der Waals surface area contributed by atoms with Gasteiger partial charge in [-0.15, -0.1) is 11.8 Å². The zero-order valence-corrected chi connectivity index (χ0v) is 11.6. The van der Waals surface area contributed by atoms with Gasteiger partial charge in [0.2, 0.25) is 5.82 Å². The van der Waals surface area contributed by atoms with Crippen LogP contribution in [0.4, 0.5) is 19.0 Å². The molecule has 0 radical (unpaired) electrons. The third-order valence-corrected chi connectivity index (χ3v) is 2.93. The summed E-state index contributed by atoms with van der Waals surface area (Å²) in [6.07, 6.45) is -3.74. The van der Waals surface area contributed by atoms with E-state index in [1.807, 2.05) is 6.92 Å². The van der Waals surface area contributed by atoms with Crippen molar-refractivity contribution in [3.8, 4) is 0 Å². The number of ether oxygens (including phenoxy) is 1. The summed E-state index contributed by atoms with van der Waals surface area (Å²) in [6, 6.07) is 1.52. The van der Waals surface area contributed by atoms with E-state index in [0.717, 1.165) is 6.42 Å². The van der Waals surface area contributed by atoms with Gasteiger partial charge < -0.3 is 10.1 Å². The Kier molecular flexibility index (Phi) is 6.36. The molecular formula is C11H16F3N3OS. The Morgan fingerprint density at radius 2 is 2.11 bits per heavy atom. The van der Waals surface area contributed by atoms with Crippen molar-refractivity contribution in [1.29, 1.82) is 0 Å². The summed E-state index contributed by atoms with van der Waals surface area (Å²) in [4.78, 5) is 6.99. The van der Waals surface area contributed by atoms with Crippen molar-refractivity contribution in [3.05, 3.63) is 11.9 Å². The molecule has 1 aromatic heterocycles. The lowest BCUT2D eigenvalue weighted by Gasteiger charge is -2.11. The van der Waals surface area contributed by atoms with Gasteiger partial charge >= 0.3 is 6.18 Å². The van der Waals surface area contributed by atoms with Gasteiger partial charge in [0.05, 0.1) is 6.61 Å². The molecule has 0 aromatic carbocycles. The van der Waals surface area contributed by atoms with E-state index in [1.54, 1.807) is 0 Å². The first kappa shape index (κ1) is 16.0. The highest BCUT2D eigenvalue weighted by atomic mass is 32.2. The molecule has 108 valence electrons. The van der Waals surface area contributed by atoms with Crippen molar-refractivity contribution >= 4 is 17.6 Å². The number of hydrogen-bond acceptors (Lipinski definition) is 5. The number of anilines is 1. The molecule has 8 heteroatoms. The number of rotatable bonds is 7. The molecule has 4 nitrogen and oxygen atoms in total. The Hall–Kier alpha value is -1.02. The number of hydrogen-bond donors (Lipinski definition) is 1. The van der Waals surface area contributed by atoms with E-state index in [2.05, 4.69) is 15.3 Å². The molecule has 0 saturated heterocycles. The summed E-state index contributed by atoms with van der Waals surface area (Å²) in [5, 5.41) is 3.13. The summed E-state index contributed by atoms with van der Waals surface area (Å²) in [5.41, 5.74) is 0. The van der Waals surface area contributed by atoms with Gasteiger partial charge in [0.15, 0.2) is 0 Å². The van der Waals surface area contributed by atoms with Gasteiger partial charge in [0, 0.05) is 25.5 Å². The fourth-order valence-electron chi connectivity index (χ4n) is 1.20. The molecule has 0 bridgehead atoms. The number of aromatic nitrogens is 2. The minimum atomic E-state index is -4.54. The summed E-state index contributed by atoms with van der Waals surface area (Å²) < 4.78 is 42.9. The highest BCUT2D eigenvalue weighted by Gasteiger charge is 2.35. The van der Waals surface area contributed by atoms with E-state index in [4.69, 9.17) is 4.74 Å². The van der Waals surface area contributed by atoms with Gasteiger partial charge in [-0.3, -0.25) is 0 Å². The van der Waals surface area contributed by atoms with E-state index in [-0.39, 0.29) is 10.8 Å². The van der Waals surface area contributed by atoms with Gasteiger partial charge in [-0.05, 0) is 6.42 Å². The second-order valence-corrected chi connectivity index (χ2v) is 4.80. The van der Waals surface area contributed by atoms with Crippen LogP contribution in [0.5, 0.6) is 0 Å². The Bertz CT molecular complexity index is 401. The van der Waals surface area contributed by atoms with E-state index >= 15 is 0 Å². The van der Waals surface area contributed by atoms with Crippen LogP contribution in [0.15, 0.2) is 11.1 Å². The number of thioether (sulfide) groups is 1. The molecular weight excluding hydrogens is 279 g/mol. The normalized spacial score (nSPS) is 11.6. The quantitative estimate of drug-likeness (QED) is 0.476. The molecule has 0 aliphatic rings. The minimum Gasteiger partial charge on any atom is -0.384 e. The first-order chi connectivity index (χ1) is 8.97. The van der Waals surface area contributed by atoms with Crippen LogP contribution in [0, 0.1) is 0 Å². The molecule has 0 atom stereocenters. The van der Waals surface area contributed by atoms with Gasteiger partial charge in [-0.2, -0.15) is 13.2 Å². The molecule has 0 fully saturated rings.